The lowest BCUT2D eigenvalue weighted by atomic mass is 10.0. The number of ether oxygens (including phenoxy) is 2. The van der Waals surface area contributed by atoms with E-state index in [1.807, 2.05) is 0 Å². The SMILES string of the molecule is CC/C=C\C/C=C\C/C=C\C/C=C\C/C=C\C/C=C\CCCCCCCCCCCCCCCCCCC(=O)OC(CO)COC(=O)CCCCCCCCCCCCCCCCCCCCCCCCCCC/C=C\CCCCCCCCCC. The van der Waals surface area contributed by atoms with Crippen molar-refractivity contribution in [1.82, 2.24) is 0 Å². The molecule has 0 radical (unpaired) electrons. The zero-order valence-electron chi connectivity index (χ0n) is 57.6. The Bertz CT molecular complexity index is 1550. The summed E-state index contributed by atoms with van der Waals surface area (Å²) in [6.45, 7) is 4.08. The first kappa shape index (κ1) is 83.1. The monoisotopic (exact) mass is 1200 g/mol. The van der Waals surface area contributed by atoms with Crippen LogP contribution in [-0.4, -0.2) is 36.4 Å². The Labute approximate surface area is 536 Å². The van der Waals surface area contributed by atoms with Crippen molar-refractivity contribution in [2.24, 2.45) is 0 Å². The van der Waals surface area contributed by atoms with Crippen LogP contribution in [0.5, 0.6) is 0 Å². The van der Waals surface area contributed by atoms with Crippen LogP contribution >= 0.6 is 0 Å². The second-order valence-electron chi connectivity index (χ2n) is 25.7. The summed E-state index contributed by atoms with van der Waals surface area (Å²) in [5.74, 6) is -0.572. The van der Waals surface area contributed by atoms with Gasteiger partial charge in [-0.05, 0) is 89.9 Å². The van der Waals surface area contributed by atoms with Gasteiger partial charge in [0.1, 0.15) is 6.61 Å². The highest BCUT2D eigenvalue weighted by Gasteiger charge is 2.16. The molecule has 0 aromatic heterocycles. The lowest BCUT2D eigenvalue weighted by Gasteiger charge is -2.15. The summed E-state index contributed by atoms with van der Waals surface area (Å²) in [6, 6.07) is 0. The Morgan fingerprint density at radius 2 is 0.500 bits per heavy atom. The number of carbonyl (C=O) groups is 2. The minimum absolute atomic E-state index is 0.0629. The lowest BCUT2D eigenvalue weighted by Crippen LogP contribution is -2.28. The molecule has 0 heterocycles. The van der Waals surface area contributed by atoms with E-state index in [1.165, 1.54) is 295 Å². The van der Waals surface area contributed by atoms with Gasteiger partial charge in [0.25, 0.3) is 0 Å². The van der Waals surface area contributed by atoms with Crippen molar-refractivity contribution in [2.75, 3.05) is 13.2 Å². The Kier molecular flexibility index (Phi) is 73.7. The molecule has 0 aliphatic heterocycles. The minimum atomic E-state index is -0.775. The number of rotatable bonds is 71. The van der Waals surface area contributed by atoms with E-state index in [1.54, 1.807) is 0 Å². The third-order valence-electron chi connectivity index (χ3n) is 17.2. The van der Waals surface area contributed by atoms with Crippen LogP contribution in [0.4, 0.5) is 0 Å². The summed E-state index contributed by atoms with van der Waals surface area (Å²) in [5.41, 5.74) is 0. The summed E-state index contributed by atoms with van der Waals surface area (Å²) < 4.78 is 10.8. The van der Waals surface area contributed by atoms with Crippen LogP contribution in [0, 0.1) is 0 Å². The summed E-state index contributed by atoms with van der Waals surface area (Å²) in [5, 5.41) is 9.72. The molecule has 0 rings (SSSR count). The molecule has 5 heteroatoms. The van der Waals surface area contributed by atoms with Gasteiger partial charge in [0, 0.05) is 12.8 Å². The summed E-state index contributed by atoms with van der Waals surface area (Å²) in [7, 11) is 0. The van der Waals surface area contributed by atoms with E-state index < -0.39 is 6.10 Å². The molecule has 0 saturated carbocycles. The van der Waals surface area contributed by atoms with Crippen LogP contribution in [0.1, 0.15) is 399 Å². The molecule has 0 aliphatic carbocycles. The third kappa shape index (κ3) is 73.5. The molecule has 500 valence electrons. The van der Waals surface area contributed by atoms with E-state index >= 15 is 0 Å². The molecule has 5 nitrogen and oxygen atoms in total. The van der Waals surface area contributed by atoms with Gasteiger partial charge in [-0.25, -0.2) is 0 Å². The smallest absolute Gasteiger partial charge is 0.306 e. The van der Waals surface area contributed by atoms with Crippen LogP contribution in [0.2, 0.25) is 0 Å². The summed E-state index contributed by atoms with van der Waals surface area (Å²) in [4.78, 5) is 24.7. The van der Waals surface area contributed by atoms with Gasteiger partial charge in [-0.15, -0.1) is 0 Å². The topological polar surface area (TPSA) is 72.8 Å². The fraction of sp³-hybridized carbons (Fsp3) is 0.802. The molecule has 0 aromatic carbocycles. The van der Waals surface area contributed by atoms with E-state index in [4.69, 9.17) is 9.47 Å². The Hall–Kier alpha value is -2.92. The molecule has 1 atom stereocenters. The van der Waals surface area contributed by atoms with Crippen LogP contribution < -0.4 is 0 Å². The molecular formula is C81H146O5. The molecule has 0 spiro atoms. The normalized spacial score (nSPS) is 12.6. The molecule has 0 saturated heterocycles. The van der Waals surface area contributed by atoms with Gasteiger partial charge in [0.15, 0.2) is 6.10 Å². The van der Waals surface area contributed by atoms with Gasteiger partial charge in [0.05, 0.1) is 6.61 Å². The van der Waals surface area contributed by atoms with Gasteiger partial charge in [-0.2, -0.15) is 0 Å². The zero-order chi connectivity index (χ0) is 61.9. The summed E-state index contributed by atoms with van der Waals surface area (Å²) in [6.07, 6.45) is 108. The molecule has 0 aromatic rings. The third-order valence-corrected chi connectivity index (χ3v) is 17.2. The number of unbranched alkanes of at least 4 members (excludes halogenated alkanes) is 49. The highest BCUT2D eigenvalue weighted by atomic mass is 16.6. The average molecular weight is 1200 g/mol. The van der Waals surface area contributed by atoms with Gasteiger partial charge in [0.2, 0.25) is 0 Å². The number of esters is 2. The molecule has 0 amide bonds. The number of hydrogen-bond acceptors (Lipinski definition) is 5. The maximum Gasteiger partial charge on any atom is 0.306 e. The second-order valence-corrected chi connectivity index (χ2v) is 25.7. The predicted molar refractivity (Wildman–Crippen MR) is 380 cm³/mol. The first-order chi connectivity index (χ1) is 42.6. The van der Waals surface area contributed by atoms with Crippen LogP contribution in [0.15, 0.2) is 85.1 Å². The lowest BCUT2D eigenvalue weighted by molar-refractivity contribution is -0.161. The van der Waals surface area contributed by atoms with E-state index in [2.05, 4.69) is 98.9 Å². The van der Waals surface area contributed by atoms with E-state index in [-0.39, 0.29) is 25.2 Å². The fourth-order valence-corrected chi connectivity index (χ4v) is 11.5. The fourth-order valence-electron chi connectivity index (χ4n) is 11.5. The number of allylic oxidation sites excluding steroid dienone is 14. The van der Waals surface area contributed by atoms with E-state index in [0.29, 0.717) is 12.8 Å². The molecule has 86 heavy (non-hydrogen) atoms. The predicted octanol–water partition coefficient (Wildman–Crippen LogP) is 26.8. The maximum absolute atomic E-state index is 12.4. The first-order valence-electron chi connectivity index (χ1n) is 38.1. The van der Waals surface area contributed by atoms with E-state index in [0.717, 1.165) is 77.0 Å². The standard InChI is InChI=1S/C81H146O5/c1-3-5-7-9-11-13-15-17-19-21-23-25-27-29-31-33-35-37-39-40-42-43-45-47-49-51-53-55-57-59-61-63-65-67-69-71-73-75-80(83)85-78-79(77-82)86-81(84)76-74-72-70-68-66-64-62-60-58-56-54-52-50-48-46-44-41-38-36-34-32-30-28-26-24-22-20-18-16-14-12-10-8-6-4-2/h6,8,12,14,18,20-21,23-24,26,30,32,36,38,79,82H,3-5,7,9-11,13,15-17,19,22,25,27-29,31,33-35,37,39-78H2,1-2H3/b8-6-,14-12-,20-18-,23-21-,26-24-,32-30-,38-36-. The van der Waals surface area contributed by atoms with E-state index in [9.17, 15) is 14.7 Å². The van der Waals surface area contributed by atoms with Crippen molar-refractivity contribution in [1.29, 1.82) is 0 Å². The second kappa shape index (κ2) is 76.3. The molecule has 0 bridgehead atoms. The van der Waals surface area contributed by atoms with Gasteiger partial charge in [-0.3, -0.25) is 9.59 Å². The number of aliphatic hydroxyl groups is 1. The van der Waals surface area contributed by atoms with Crippen LogP contribution in [0.3, 0.4) is 0 Å². The maximum atomic E-state index is 12.4. The van der Waals surface area contributed by atoms with Crippen molar-refractivity contribution >= 4 is 11.9 Å². The number of hydrogen-bond donors (Lipinski definition) is 1. The highest BCUT2D eigenvalue weighted by Crippen LogP contribution is 2.19. The number of aliphatic hydroxyl groups excluding tert-OH is 1. The Morgan fingerprint density at radius 1 is 0.279 bits per heavy atom. The molecule has 1 unspecified atom stereocenters. The minimum Gasteiger partial charge on any atom is -0.462 e. The van der Waals surface area contributed by atoms with Gasteiger partial charge < -0.3 is 14.6 Å². The first-order valence-corrected chi connectivity index (χ1v) is 38.1. The summed E-state index contributed by atoms with van der Waals surface area (Å²) >= 11 is 0. The largest absolute Gasteiger partial charge is 0.462 e. The van der Waals surface area contributed by atoms with Crippen molar-refractivity contribution in [3.8, 4) is 0 Å². The van der Waals surface area contributed by atoms with Crippen LogP contribution in [-0.2, 0) is 19.1 Å². The van der Waals surface area contributed by atoms with Crippen molar-refractivity contribution < 1.29 is 24.2 Å². The van der Waals surface area contributed by atoms with Crippen molar-refractivity contribution in [2.45, 2.75) is 405 Å². The Balaban J connectivity index is 3.40. The van der Waals surface area contributed by atoms with Crippen molar-refractivity contribution in [3.63, 3.8) is 0 Å². The van der Waals surface area contributed by atoms with Gasteiger partial charge >= 0.3 is 11.9 Å². The molecule has 0 fully saturated rings. The molecule has 1 N–H and O–H groups in total. The highest BCUT2D eigenvalue weighted by molar-refractivity contribution is 5.70. The Morgan fingerprint density at radius 3 is 0.767 bits per heavy atom. The average Bonchev–Trinajstić information content (AvgIpc) is 3.55. The zero-order valence-corrected chi connectivity index (χ0v) is 57.6. The van der Waals surface area contributed by atoms with Crippen molar-refractivity contribution in [3.05, 3.63) is 85.1 Å². The quantitative estimate of drug-likeness (QED) is 0.0373. The number of carbonyl (C=O) groups excluding carboxylic acids is 2. The van der Waals surface area contributed by atoms with Gasteiger partial charge in [-0.1, -0.05) is 381 Å². The molecular weight excluding hydrogens is 1050 g/mol. The molecule has 0 aliphatic rings. The van der Waals surface area contributed by atoms with Crippen LogP contribution in [0.25, 0.3) is 0 Å².